The molecular weight excluding hydrogens is 347 g/mol. The Balaban J connectivity index is 2.60. The van der Waals surface area contributed by atoms with Crippen LogP contribution in [0.15, 0.2) is 18.2 Å². The van der Waals surface area contributed by atoms with Crippen molar-refractivity contribution in [3.8, 4) is 5.75 Å². The molecule has 1 aromatic rings. The zero-order chi connectivity index (χ0) is 18.3. The van der Waals surface area contributed by atoms with Crippen LogP contribution in [0.2, 0.25) is 0 Å². The molecule has 0 unspecified atom stereocenters. The highest BCUT2D eigenvalue weighted by Gasteiger charge is 2.74. The van der Waals surface area contributed by atoms with Crippen molar-refractivity contribution in [2.45, 2.75) is 30.9 Å². The second-order valence-corrected chi connectivity index (χ2v) is 5.33. The van der Waals surface area contributed by atoms with Gasteiger partial charge in [-0.2, -0.15) is 26.3 Å². The molecule has 0 bridgehead atoms. The maximum Gasteiger partial charge on any atom is 0.436 e. The summed E-state index contributed by atoms with van der Waals surface area (Å²) in [6, 6.07) is 2.06. The van der Waals surface area contributed by atoms with Gasteiger partial charge in [0, 0.05) is 17.2 Å². The Kier molecular flexibility index (Phi) is 4.45. The average molecular weight is 359 g/mol. The van der Waals surface area contributed by atoms with Crippen LogP contribution in [0.5, 0.6) is 5.75 Å². The topological polar surface area (TPSA) is 38.3 Å². The Hall–Kier alpha value is -2.00. The van der Waals surface area contributed by atoms with E-state index in [0.717, 1.165) is 19.2 Å². The van der Waals surface area contributed by atoms with Gasteiger partial charge in [-0.25, -0.2) is 4.39 Å². The predicted molar refractivity (Wildman–Crippen MR) is 69.2 cm³/mol. The summed E-state index contributed by atoms with van der Waals surface area (Å²) in [6.45, 7) is 0. The Morgan fingerprint density at radius 1 is 1.08 bits per heavy atom. The van der Waals surface area contributed by atoms with E-state index >= 15 is 0 Å². The number of carbonyl (C=O) groups is 1. The van der Waals surface area contributed by atoms with Crippen LogP contribution >= 0.6 is 0 Å². The molecule has 1 amide bonds. The highest BCUT2D eigenvalue weighted by atomic mass is 19.4. The third-order valence-corrected chi connectivity index (χ3v) is 3.59. The molecule has 0 spiro atoms. The molecule has 10 heteroatoms. The minimum Gasteiger partial charge on any atom is -0.497 e. The number of nitrogens with one attached hydrogen (secondary N) is 1. The van der Waals surface area contributed by atoms with E-state index in [9.17, 15) is 35.5 Å². The molecule has 1 N–H and O–H groups in total. The van der Waals surface area contributed by atoms with Crippen LogP contribution in [-0.2, 0) is 10.5 Å². The molecule has 1 saturated carbocycles. The predicted octanol–water partition coefficient (Wildman–Crippen LogP) is 4.33. The molecule has 0 aromatic heterocycles. The number of rotatable bonds is 4. The monoisotopic (exact) mass is 359 g/mol. The Labute approximate surface area is 131 Å². The highest BCUT2D eigenvalue weighted by Crippen LogP contribution is 2.55. The average Bonchev–Trinajstić information content (AvgIpc) is 3.29. The van der Waals surface area contributed by atoms with E-state index in [1.54, 1.807) is 0 Å². The minimum absolute atomic E-state index is 0.281. The number of amides is 1. The van der Waals surface area contributed by atoms with Gasteiger partial charge in [-0.15, -0.1) is 0 Å². The zero-order valence-corrected chi connectivity index (χ0v) is 12.2. The first kappa shape index (κ1) is 18.3. The second-order valence-electron chi connectivity index (χ2n) is 5.33. The minimum atomic E-state index is -6.28. The molecule has 0 radical (unpaired) electrons. The van der Waals surface area contributed by atoms with Gasteiger partial charge >= 0.3 is 18.0 Å². The molecule has 0 atom stereocenters. The van der Waals surface area contributed by atoms with E-state index in [0.29, 0.717) is 12.8 Å². The maximum absolute atomic E-state index is 14.3. The van der Waals surface area contributed by atoms with Gasteiger partial charge in [-0.3, -0.25) is 4.79 Å². The van der Waals surface area contributed by atoms with E-state index in [1.807, 2.05) is 5.32 Å². The zero-order valence-electron chi connectivity index (χ0n) is 12.2. The van der Waals surface area contributed by atoms with Crippen LogP contribution in [0.3, 0.4) is 0 Å². The molecule has 3 nitrogen and oxygen atoms in total. The van der Waals surface area contributed by atoms with Crippen molar-refractivity contribution in [2.75, 3.05) is 12.4 Å². The lowest BCUT2D eigenvalue weighted by molar-refractivity contribution is -0.348. The third-order valence-electron chi connectivity index (χ3n) is 3.59. The number of benzene rings is 1. The first-order chi connectivity index (χ1) is 10.9. The first-order valence-corrected chi connectivity index (χ1v) is 6.73. The number of alkyl halides is 7. The van der Waals surface area contributed by atoms with Crippen LogP contribution in [0.4, 0.5) is 36.4 Å². The summed E-state index contributed by atoms with van der Waals surface area (Å²) >= 11 is 0. The Morgan fingerprint density at radius 2 is 1.62 bits per heavy atom. The van der Waals surface area contributed by atoms with Gasteiger partial charge in [-0.1, -0.05) is 0 Å². The van der Waals surface area contributed by atoms with Crippen molar-refractivity contribution in [1.82, 2.24) is 0 Å². The van der Waals surface area contributed by atoms with Crippen molar-refractivity contribution >= 4 is 11.6 Å². The van der Waals surface area contributed by atoms with Gasteiger partial charge < -0.3 is 10.1 Å². The van der Waals surface area contributed by atoms with Crippen LogP contribution in [-0.4, -0.2) is 25.4 Å². The fourth-order valence-electron chi connectivity index (χ4n) is 2.09. The summed E-state index contributed by atoms with van der Waals surface area (Å²) in [4.78, 5) is 11.7. The fourth-order valence-corrected chi connectivity index (χ4v) is 2.09. The van der Waals surface area contributed by atoms with Gasteiger partial charge in [0.05, 0.1) is 7.11 Å². The fraction of sp³-hybridized carbons (Fsp3) is 0.500. The second kappa shape index (κ2) is 5.82. The molecule has 134 valence electrons. The number of hydrogen-bond acceptors (Lipinski definition) is 2. The van der Waals surface area contributed by atoms with Gasteiger partial charge in [0.25, 0.3) is 0 Å². The molecule has 1 aliphatic rings. The summed E-state index contributed by atoms with van der Waals surface area (Å²) < 4.78 is 96.7. The summed E-state index contributed by atoms with van der Waals surface area (Å²) in [5, 5.41) is 1.94. The van der Waals surface area contributed by atoms with Crippen LogP contribution in [0.25, 0.3) is 0 Å². The van der Waals surface area contributed by atoms with E-state index in [-0.39, 0.29) is 6.07 Å². The third kappa shape index (κ3) is 3.13. The molecule has 1 aromatic carbocycles. The lowest BCUT2D eigenvalue weighted by atomic mass is 9.92. The van der Waals surface area contributed by atoms with E-state index in [2.05, 4.69) is 4.74 Å². The maximum atomic E-state index is 14.3. The molecule has 2 rings (SSSR count). The molecule has 1 aliphatic carbocycles. The number of hydrogen-bond donors (Lipinski definition) is 1. The van der Waals surface area contributed by atoms with E-state index < -0.39 is 46.8 Å². The lowest BCUT2D eigenvalue weighted by Crippen LogP contribution is -2.50. The smallest absolute Gasteiger partial charge is 0.436 e. The van der Waals surface area contributed by atoms with Crippen LogP contribution in [0, 0.1) is 5.92 Å². The number of ether oxygens (including phenoxy) is 1. The van der Waals surface area contributed by atoms with Gasteiger partial charge in [-0.05, 0) is 31.0 Å². The Bertz CT molecular complexity index is 621. The standard InChI is InChI=1S/C14H12F7NO2/c1-24-8-4-5-10(22-11(23)7-2-3-7)9(6-8)12(15,13(16,17)18)14(19,20)21/h4-7H,2-3H2,1H3,(H,22,23). The molecule has 0 heterocycles. The quantitative estimate of drug-likeness (QED) is 0.813. The van der Waals surface area contributed by atoms with Gasteiger partial charge in [0.15, 0.2) is 0 Å². The number of carbonyl (C=O) groups excluding carboxylic acids is 1. The Morgan fingerprint density at radius 3 is 2.04 bits per heavy atom. The first-order valence-electron chi connectivity index (χ1n) is 6.73. The summed E-state index contributed by atoms with van der Waals surface area (Å²) in [7, 11) is 1.00. The highest BCUT2D eigenvalue weighted by molar-refractivity contribution is 5.95. The number of halogens is 7. The largest absolute Gasteiger partial charge is 0.497 e. The van der Waals surface area contributed by atoms with Crippen LogP contribution < -0.4 is 10.1 Å². The van der Waals surface area contributed by atoms with Crippen molar-refractivity contribution < 1.29 is 40.3 Å². The van der Waals surface area contributed by atoms with Crippen molar-refractivity contribution in [1.29, 1.82) is 0 Å². The summed E-state index contributed by atoms with van der Waals surface area (Å²) in [5.74, 6) is -1.66. The summed E-state index contributed by atoms with van der Waals surface area (Å²) in [5.41, 5.74) is -8.32. The van der Waals surface area contributed by atoms with Crippen molar-refractivity contribution in [3.63, 3.8) is 0 Å². The molecule has 0 saturated heterocycles. The van der Waals surface area contributed by atoms with Crippen LogP contribution in [0.1, 0.15) is 18.4 Å². The molecular formula is C14H12F7NO2. The normalized spacial score (nSPS) is 16.0. The summed E-state index contributed by atoms with van der Waals surface area (Å²) in [6.07, 6.45) is -11.6. The van der Waals surface area contributed by atoms with Crippen molar-refractivity contribution in [3.05, 3.63) is 23.8 Å². The number of anilines is 1. The molecule has 24 heavy (non-hydrogen) atoms. The van der Waals surface area contributed by atoms with Crippen molar-refractivity contribution in [2.24, 2.45) is 5.92 Å². The number of methoxy groups -OCH3 is 1. The van der Waals surface area contributed by atoms with Gasteiger partial charge in [0.1, 0.15) is 5.75 Å². The van der Waals surface area contributed by atoms with Gasteiger partial charge in [0.2, 0.25) is 5.91 Å². The lowest BCUT2D eigenvalue weighted by Gasteiger charge is -2.32. The SMILES string of the molecule is COc1ccc(NC(=O)C2CC2)c(C(F)(C(F)(F)F)C(F)(F)F)c1. The van der Waals surface area contributed by atoms with E-state index in [4.69, 9.17) is 0 Å². The molecule has 1 fully saturated rings. The molecule has 0 aliphatic heterocycles. The van der Waals surface area contributed by atoms with E-state index in [1.165, 1.54) is 0 Å².